The molecule has 5 rings (SSSR count). The van der Waals surface area contributed by atoms with Crippen LogP contribution in [-0.4, -0.2) is 24.7 Å². The van der Waals surface area contributed by atoms with E-state index in [0.29, 0.717) is 29.0 Å². The number of methoxy groups -OCH3 is 1. The van der Waals surface area contributed by atoms with Crippen LogP contribution >= 0.6 is 0 Å². The Balaban J connectivity index is 1.48. The summed E-state index contributed by atoms with van der Waals surface area (Å²) < 4.78 is 43.9. The number of hydrogen-bond donors (Lipinski definition) is 0. The Labute approximate surface area is 200 Å². The summed E-state index contributed by atoms with van der Waals surface area (Å²) >= 11 is 0. The summed E-state index contributed by atoms with van der Waals surface area (Å²) in [6.07, 6.45) is 3.13. The van der Waals surface area contributed by atoms with Gasteiger partial charge >= 0.3 is 5.97 Å². The van der Waals surface area contributed by atoms with Crippen LogP contribution in [-0.2, 0) is 20.9 Å². The highest BCUT2D eigenvalue weighted by atomic mass is 19.2. The number of fused-ring (bicyclic) bond motifs is 3. The van der Waals surface area contributed by atoms with E-state index in [2.05, 4.69) is 4.98 Å². The maximum Gasteiger partial charge on any atom is 0.331 e. The number of aromatic nitrogens is 1. The number of pyridine rings is 1. The minimum atomic E-state index is -0.935. The molecule has 0 fully saturated rings. The topological polar surface area (TPSA) is 57.7 Å². The zero-order chi connectivity index (χ0) is 24.4. The van der Waals surface area contributed by atoms with E-state index < -0.39 is 23.7 Å². The van der Waals surface area contributed by atoms with Gasteiger partial charge in [0.25, 0.3) is 0 Å². The van der Waals surface area contributed by atoms with E-state index in [9.17, 15) is 13.6 Å². The molecule has 4 aromatic rings. The molecule has 1 atom stereocenters. The minimum absolute atomic E-state index is 0.201. The molecule has 35 heavy (non-hydrogen) atoms. The second-order valence-electron chi connectivity index (χ2n) is 8.08. The second-order valence-corrected chi connectivity index (χ2v) is 8.08. The van der Waals surface area contributed by atoms with E-state index in [1.807, 2.05) is 48.5 Å². The third-order valence-electron chi connectivity index (χ3n) is 5.83. The molecule has 1 aliphatic rings. The normalized spacial score (nSPS) is 14.8. The van der Waals surface area contributed by atoms with Gasteiger partial charge in [0.15, 0.2) is 11.6 Å². The first-order valence-corrected chi connectivity index (χ1v) is 11.0. The summed E-state index contributed by atoms with van der Waals surface area (Å²) in [6.45, 7) is 0.182. The highest BCUT2D eigenvalue weighted by Crippen LogP contribution is 2.39. The average Bonchev–Trinajstić information content (AvgIpc) is 3.03. The number of hydrogen-bond acceptors (Lipinski definition) is 5. The third kappa shape index (κ3) is 4.76. The Hall–Kier alpha value is -4.10. The molecule has 0 saturated carbocycles. The van der Waals surface area contributed by atoms with E-state index >= 15 is 0 Å². The van der Waals surface area contributed by atoms with Crippen LogP contribution in [0.4, 0.5) is 8.78 Å². The summed E-state index contributed by atoms with van der Waals surface area (Å²) in [6, 6.07) is 19.1. The first-order chi connectivity index (χ1) is 17.0. The molecule has 0 amide bonds. The Bertz CT molecular complexity index is 1450. The van der Waals surface area contributed by atoms with Crippen LogP contribution in [0.2, 0.25) is 0 Å². The van der Waals surface area contributed by atoms with Crippen molar-refractivity contribution < 1.29 is 27.8 Å². The van der Waals surface area contributed by atoms with Gasteiger partial charge in [-0.3, -0.25) is 0 Å². The van der Waals surface area contributed by atoms with Crippen molar-refractivity contribution in [3.05, 3.63) is 106 Å². The van der Waals surface area contributed by atoms with Crippen molar-refractivity contribution in [3.63, 3.8) is 0 Å². The zero-order valence-corrected chi connectivity index (χ0v) is 18.8. The van der Waals surface area contributed by atoms with Crippen molar-refractivity contribution in [1.29, 1.82) is 0 Å². The molecule has 176 valence electrons. The molecule has 1 unspecified atom stereocenters. The quantitative estimate of drug-likeness (QED) is 0.340. The lowest BCUT2D eigenvalue weighted by molar-refractivity contribution is -0.147. The van der Waals surface area contributed by atoms with Gasteiger partial charge in [-0.15, -0.1) is 0 Å². The van der Waals surface area contributed by atoms with Crippen molar-refractivity contribution in [2.45, 2.75) is 12.7 Å². The number of carbonyl (C=O) groups is 1. The van der Waals surface area contributed by atoms with Crippen molar-refractivity contribution >= 4 is 29.0 Å². The van der Waals surface area contributed by atoms with Crippen LogP contribution in [0.1, 0.15) is 34.1 Å². The Morgan fingerprint density at radius 3 is 2.71 bits per heavy atom. The number of carbonyl (C=O) groups excluding carboxylic acids is 1. The van der Waals surface area contributed by atoms with Crippen LogP contribution in [0.15, 0.2) is 66.7 Å². The fraction of sp³-hybridized carbons (Fsp3) is 0.143. The fourth-order valence-corrected chi connectivity index (χ4v) is 4.05. The summed E-state index contributed by atoms with van der Waals surface area (Å²) in [5, 5.41) is 0.521. The molecule has 0 N–H and O–H groups in total. The standard InChI is InChI=1S/C28H21F2NO4/c1-33-27(32)16-35-28-21-5-3-2-4-19(21)15-34-26-11-7-17(12-22(26)28)6-9-20-10-8-18-13-23(29)24(30)14-25(18)31-20/h2-14,28H,15-16H2,1H3/b9-6+. The molecular weight excluding hydrogens is 452 g/mol. The lowest BCUT2D eigenvalue weighted by Gasteiger charge is -2.19. The van der Waals surface area contributed by atoms with Gasteiger partial charge < -0.3 is 14.2 Å². The highest BCUT2D eigenvalue weighted by Gasteiger charge is 2.26. The first-order valence-electron chi connectivity index (χ1n) is 11.0. The van der Waals surface area contributed by atoms with Gasteiger partial charge in [-0.05, 0) is 47.0 Å². The number of esters is 1. The van der Waals surface area contributed by atoms with Gasteiger partial charge in [-0.2, -0.15) is 0 Å². The SMILES string of the molecule is COC(=O)COC1c2ccccc2COc2ccc(/C=C/c3ccc4cc(F)c(F)cc4n3)cc21. The van der Waals surface area contributed by atoms with Gasteiger partial charge in [0.1, 0.15) is 25.1 Å². The Morgan fingerprint density at radius 2 is 1.86 bits per heavy atom. The number of benzene rings is 3. The molecule has 0 radical (unpaired) electrons. The number of nitrogens with zero attached hydrogens (tertiary/aromatic N) is 1. The molecule has 5 nitrogen and oxygen atoms in total. The number of halogens is 2. The summed E-state index contributed by atoms with van der Waals surface area (Å²) in [5.41, 5.74) is 4.49. The second kappa shape index (κ2) is 9.64. The highest BCUT2D eigenvalue weighted by molar-refractivity contribution is 5.81. The van der Waals surface area contributed by atoms with Gasteiger partial charge in [-0.25, -0.2) is 18.6 Å². The minimum Gasteiger partial charge on any atom is -0.488 e. The predicted molar refractivity (Wildman–Crippen MR) is 128 cm³/mol. The van der Waals surface area contributed by atoms with Crippen molar-refractivity contribution in [2.24, 2.45) is 0 Å². The van der Waals surface area contributed by atoms with E-state index in [-0.39, 0.29) is 6.61 Å². The fourth-order valence-electron chi connectivity index (χ4n) is 4.05. The van der Waals surface area contributed by atoms with Gasteiger partial charge in [0.2, 0.25) is 0 Å². The lowest BCUT2D eigenvalue weighted by atomic mass is 9.96. The van der Waals surface area contributed by atoms with Gasteiger partial charge in [0.05, 0.1) is 18.3 Å². The maximum absolute atomic E-state index is 13.6. The number of rotatable bonds is 5. The molecule has 1 aliphatic heterocycles. The van der Waals surface area contributed by atoms with Gasteiger partial charge in [-0.1, -0.05) is 42.5 Å². The van der Waals surface area contributed by atoms with E-state index in [0.717, 1.165) is 34.4 Å². The molecule has 0 spiro atoms. The molecule has 0 aliphatic carbocycles. The van der Waals surface area contributed by atoms with Gasteiger partial charge in [0, 0.05) is 17.0 Å². The molecule has 7 heteroatoms. The Morgan fingerprint density at radius 1 is 1.03 bits per heavy atom. The maximum atomic E-state index is 13.6. The molecule has 0 saturated heterocycles. The van der Waals surface area contributed by atoms with E-state index in [4.69, 9.17) is 14.2 Å². The largest absolute Gasteiger partial charge is 0.488 e. The van der Waals surface area contributed by atoms with E-state index in [1.54, 1.807) is 18.2 Å². The molecule has 0 bridgehead atoms. The predicted octanol–water partition coefficient (Wildman–Crippen LogP) is 5.85. The Kier molecular flexibility index (Phi) is 6.25. The van der Waals surface area contributed by atoms with Crippen LogP contribution in [0.25, 0.3) is 23.1 Å². The molecule has 1 aromatic heterocycles. The zero-order valence-electron chi connectivity index (χ0n) is 18.8. The van der Waals surface area contributed by atoms with Crippen molar-refractivity contribution in [1.82, 2.24) is 4.98 Å². The lowest BCUT2D eigenvalue weighted by Crippen LogP contribution is -2.15. The smallest absolute Gasteiger partial charge is 0.331 e. The van der Waals surface area contributed by atoms with Crippen LogP contribution < -0.4 is 4.74 Å². The monoisotopic (exact) mass is 473 g/mol. The van der Waals surface area contributed by atoms with Crippen LogP contribution in [0, 0.1) is 11.6 Å². The summed E-state index contributed by atoms with van der Waals surface area (Å²) in [4.78, 5) is 16.2. The first kappa shape index (κ1) is 22.7. The van der Waals surface area contributed by atoms with E-state index in [1.165, 1.54) is 7.11 Å². The van der Waals surface area contributed by atoms with Crippen molar-refractivity contribution in [3.8, 4) is 5.75 Å². The average molecular weight is 473 g/mol. The van der Waals surface area contributed by atoms with Crippen LogP contribution in [0.3, 0.4) is 0 Å². The summed E-state index contributed by atoms with van der Waals surface area (Å²) in [7, 11) is 1.32. The van der Waals surface area contributed by atoms with Crippen LogP contribution in [0.5, 0.6) is 5.75 Å². The number of ether oxygens (including phenoxy) is 3. The molecule has 2 heterocycles. The van der Waals surface area contributed by atoms with Crippen molar-refractivity contribution in [2.75, 3.05) is 13.7 Å². The molecule has 3 aromatic carbocycles. The summed E-state index contributed by atoms with van der Waals surface area (Å²) in [5.74, 6) is -1.64. The third-order valence-corrected chi connectivity index (χ3v) is 5.83. The molecular formula is C28H21F2NO4.